The maximum Gasteiger partial charge on any atom is 0.246 e. The van der Waals surface area contributed by atoms with Gasteiger partial charge in [-0.2, -0.15) is 10.4 Å². The predicted octanol–water partition coefficient (Wildman–Crippen LogP) is 1.63. The maximum atomic E-state index is 11.8. The molecule has 1 aromatic carbocycles. The number of anilines is 2. The highest BCUT2D eigenvalue weighted by Gasteiger charge is 2.08. The van der Waals surface area contributed by atoms with Gasteiger partial charge in [0.05, 0.1) is 11.3 Å². The molecule has 0 fully saturated rings. The van der Waals surface area contributed by atoms with Crippen LogP contribution < -0.4 is 11.1 Å². The van der Waals surface area contributed by atoms with Crippen LogP contribution in [0.1, 0.15) is 5.56 Å². The van der Waals surface area contributed by atoms with Gasteiger partial charge in [-0.1, -0.05) is 11.6 Å². The van der Waals surface area contributed by atoms with Gasteiger partial charge < -0.3 is 11.1 Å². The van der Waals surface area contributed by atoms with Gasteiger partial charge in [-0.3, -0.25) is 9.48 Å². The van der Waals surface area contributed by atoms with E-state index in [2.05, 4.69) is 10.4 Å². The fourth-order valence-electron chi connectivity index (χ4n) is 1.52. The summed E-state index contributed by atoms with van der Waals surface area (Å²) < 4.78 is 1.40. The van der Waals surface area contributed by atoms with E-state index in [1.807, 2.05) is 6.07 Å². The number of hydrogen-bond acceptors (Lipinski definition) is 4. The molecular formula is C12H10ClN5O. The number of hydrogen-bond donors (Lipinski definition) is 2. The number of nitrogens with zero attached hydrogens (tertiary/aromatic N) is 3. The molecule has 7 heteroatoms. The molecule has 0 atom stereocenters. The molecule has 0 radical (unpaired) electrons. The average molecular weight is 276 g/mol. The van der Waals surface area contributed by atoms with Crippen molar-refractivity contribution in [3.05, 3.63) is 41.0 Å². The summed E-state index contributed by atoms with van der Waals surface area (Å²) in [6.45, 7) is 0.00851. The Kier molecular flexibility index (Phi) is 3.68. The van der Waals surface area contributed by atoms with E-state index in [-0.39, 0.29) is 12.5 Å². The van der Waals surface area contributed by atoms with Crippen molar-refractivity contribution in [2.45, 2.75) is 6.54 Å². The van der Waals surface area contributed by atoms with Crippen LogP contribution in [0, 0.1) is 11.3 Å². The van der Waals surface area contributed by atoms with E-state index in [1.165, 1.54) is 10.7 Å². The molecule has 1 heterocycles. The Morgan fingerprint density at radius 2 is 2.32 bits per heavy atom. The summed E-state index contributed by atoms with van der Waals surface area (Å²) in [6, 6.07) is 8.23. The Bertz CT molecular complexity index is 658. The third-order valence-corrected chi connectivity index (χ3v) is 2.58. The summed E-state index contributed by atoms with van der Waals surface area (Å²) in [7, 11) is 0. The first-order valence-electron chi connectivity index (χ1n) is 5.37. The molecule has 0 aliphatic carbocycles. The Morgan fingerprint density at radius 1 is 1.53 bits per heavy atom. The zero-order valence-corrected chi connectivity index (χ0v) is 10.6. The van der Waals surface area contributed by atoms with E-state index >= 15 is 0 Å². The molecular weight excluding hydrogens is 266 g/mol. The van der Waals surface area contributed by atoms with E-state index in [9.17, 15) is 4.79 Å². The van der Waals surface area contributed by atoms with Crippen LogP contribution in [0.25, 0.3) is 0 Å². The number of amides is 1. The number of carbonyl (C=O) groups is 1. The van der Waals surface area contributed by atoms with Crippen LogP contribution in [0.3, 0.4) is 0 Å². The number of nitrogens with two attached hydrogens (primary N) is 1. The fraction of sp³-hybridized carbons (Fsp3) is 0.0833. The van der Waals surface area contributed by atoms with E-state index in [0.29, 0.717) is 22.1 Å². The van der Waals surface area contributed by atoms with Gasteiger partial charge in [-0.05, 0) is 24.3 Å². The molecule has 0 saturated carbocycles. The lowest BCUT2D eigenvalue weighted by Gasteiger charge is -2.07. The average Bonchev–Trinajstić information content (AvgIpc) is 2.75. The third-order valence-electron chi connectivity index (χ3n) is 2.34. The zero-order valence-electron chi connectivity index (χ0n) is 9.80. The Labute approximate surface area is 114 Å². The molecule has 6 nitrogen and oxygen atoms in total. The van der Waals surface area contributed by atoms with Gasteiger partial charge in [0, 0.05) is 11.2 Å². The van der Waals surface area contributed by atoms with Crippen LogP contribution >= 0.6 is 11.6 Å². The topological polar surface area (TPSA) is 96.7 Å². The summed E-state index contributed by atoms with van der Waals surface area (Å²) in [6.07, 6.45) is 1.60. The van der Waals surface area contributed by atoms with Crippen molar-refractivity contribution < 1.29 is 4.79 Å². The Hall–Kier alpha value is -2.52. The van der Waals surface area contributed by atoms with Crippen LogP contribution in [0.15, 0.2) is 30.5 Å². The van der Waals surface area contributed by atoms with Crippen molar-refractivity contribution in [3.63, 3.8) is 0 Å². The molecule has 3 N–H and O–H groups in total. The SMILES string of the molecule is N#Cc1ccc(Cl)cc1NC(=O)Cn1ccc(N)n1. The summed E-state index contributed by atoms with van der Waals surface area (Å²) in [5.74, 6) is 0.0233. The van der Waals surface area contributed by atoms with Crippen LogP contribution in [-0.4, -0.2) is 15.7 Å². The number of rotatable bonds is 3. The van der Waals surface area contributed by atoms with Crippen LogP contribution in [0.4, 0.5) is 11.5 Å². The molecule has 0 aliphatic rings. The third kappa shape index (κ3) is 3.24. The zero-order chi connectivity index (χ0) is 13.8. The fourth-order valence-corrected chi connectivity index (χ4v) is 1.69. The number of halogens is 1. The van der Waals surface area contributed by atoms with E-state index in [1.54, 1.807) is 24.4 Å². The normalized spacial score (nSPS) is 9.89. The summed E-state index contributed by atoms with van der Waals surface area (Å²) >= 11 is 5.83. The van der Waals surface area contributed by atoms with Crippen molar-refractivity contribution in [2.75, 3.05) is 11.1 Å². The predicted molar refractivity (Wildman–Crippen MR) is 71.4 cm³/mol. The molecule has 0 bridgehead atoms. The van der Waals surface area contributed by atoms with E-state index < -0.39 is 0 Å². The van der Waals surface area contributed by atoms with Crippen LogP contribution in [0.5, 0.6) is 0 Å². The van der Waals surface area contributed by atoms with Gasteiger partial charge in [-0.15, -0.1) is 0 Å². The molecule has 2 rings (SSSR count). The highest BCUT2D eigenvalue weighted by molar-refractivity contribution is 6.31. The highest BCUT2D eigenvalue weighted by atomic mass is 35.5. The molecule has 1 amide bonds. The minimum absolute atomic E-state index is 0.00851. The lowest BCUT2D eigenvalue weighted by Crippen LogP contribution is -2.19. The number of nitrogen functional groups attached to an aromatic ring is 1. The second-order valence-corrected chi connectivity index (χ2v) is 4.22. The molecule has 0 aliphatic heterocycles. The lowest BCUT2D eigenvalue weighted by atomic mass is 10.2. The molecule has 19 heavy (non-hydrogen) atoms. The molecule has 0 saturated heterocycles. The standard InChI is InChI=1S/C12H10ClN5O/c13-9-2-1-8(6-14)10(5-9)16-12(19)7-18-4-3-11(15)17-18/h1-5H,7H2,(H2,15,17)(H,16,19). The first-order valence-corrected chi connectivity index (χ1v) is 5.74. The van der Waals surface area contributed by atoms with Gasteiger partial charge >= 0.3 is 0 Å². The van der Waals surface area contributed by atoms with E-state index in [4.69, 9.17) is 22.6 Å². The first kappa shape index (κ1) is 12.9. The molecule has 1 aromatic heterocycles. The number of nitrogens with one attached hydrogen (secondary N) is 1. The van der Waals surface area contributed by atoms with Gasteiger partial charge in [0.25, 0.3) is 0 Å². The molecule has 0 unspecified atom stereocenters. The quantitative estimate of drug-likeness (QED) is 0.889. The van der Waals surface area contributed by atoms with Crippen LogP contribution in [0.2, 0.25) is 5.02 Å². The van der Waals surface area contributed by atoms with Crippen molar-refractivity contribution in [1.29, 1.82) is 5.26 Å². The molecule has 0 spiro atoms. The van der Waals surface area contributed by atoms with Crippen molar-refractivity contribution >= 4 is 29.0 Å². The summed E-state index contributed by atoms with van der Waals surface area (Å²) in [5.41, 5.74) is 6.17. The molecule has 2 aromatic rings. The second-order valence-electron chi connectivity index (χ2n) is 3.79. The largest absolute Gasteiger partial charge is 0.382 e. The van der Waals surface area contributed by atoms with Gasteiger partial charge in [0.15, 0.2) is 0 Å². The highest BCUT2D eigenvalue weighted by Crippen LogP contribution is 2.20. The lowest BCUT2D eigenvalue weighted by molar-refractivity contribution is -0.116. The van der Waals surface area contributed by atoms with Gasteiger partial charge in [-0.25, -0.2) is 0 Å². The monoisotopic (exact) mass is 275 g/mol. The molecule has 96 valence electrons. The maximum absolute atomic E-state index is 11.8. The minimum Gasteiger partial charge on any atom is -0.382 e. The van der Waals surface area contributed by atoms with Crippen molar-refractivity contribution in [1.82, 2.24) is 9.78 Å². The smallest absolute Gasteiger partial charge is 0.246 e. The first-order chi connectivity index (χ1) is 9.08. The minimum atomic E-state index is -0.318. The Balaban J connectivity index is 2.11. The second kappa shape index (κ2) is 5.42. The Morgan fingerprint density at radius 3 is 2.95 bits per heavy atom. The summed E-state index contributed by atoms with van der Waals surface area (Å²) in [5, 5.41) is 15.9. The number of aromatic nitrogens is 2. The van der Waals surface area contributed by atoms with Crippen molar-refractivity contribution in [3.8, 4) is 6.07 Å². The van der Waals surface area contributed by atoms with Gasteiger partial charge in [0.2, 0.25) is 5.91 Å². The number of benzene rings is 1. The van der Waals surface area contributed by atoms with Crippen LogP contribution in [-0.2, 0) is 11.3 Å². The van der Waals surface area contributed by atoms with E-state index in [0.717, 1.165) is 0 Å². The van der Waals surface area contributed by atoms with Gasteiger partial charge in [0.1, 0.15) is 18.4 Å². The summed E-state index contributed by atoms with van der Waals surface area (Å²) in [4.78, 5) is 11.8. The van der Waals surface area contributed by atoms with Crippen molar-refractivity contribution in [2.24, 2.45) is 0 Å². The number of nitriles is 1. The number of carbonyl (C=O) groups excluding carboxylic acids is 1.